The maximum Gasteiger partial charge on any atom is 0.338 e. The highest BCUT2D eigenvalue weighted by Crippen LogP contribution is 2.69. The number of carbonyl (C=O) groups is 2. The summed E-state index contributed by atoms with van der Waals surface area (Å²) in [5, 5.41) is 32.7. The number of carbonyl (C=O) groups excluding carboxylic acids is 2. The van der Waals surface area contributed by atoms with Crippen LogP contribution in [0.2, 0.25) is 0 Å². The molecule has 13 heteroatoms. The van der Waals surface area contributed by atoms with Crippen molar-refractivity contribution in [3.05, 3.63) is 41.5 Å². The summed E-state index contributed by atoms with van der Waals surface area (Å²) in [6.07, 6.45) is 1.94. The second kappa shape index (κ2) is 17.5. The van der Waals surface area contributed by atoms with E-state index >= 15 is 0 Å². The molecule has 8 rings (SSSR count). The lowest BCUT2D eigenvalue weighted by molar-refractivity contribution is -0.339. The number of aliphatic hydroxyl groups is 3. The van der Waals surface area contributed by atoms with E-state index in [1.54, 1.807) is 12.1 Å². The zero-order valence-corrected chi connectivity index (χ0v) is 36.4. The number of allylic oxidation sites excluding steroid dienone is 1. The van der Waals surface area contributed by atoms with Crippen LogP contribution < -0.4 is 4.74 Å². The number of aliphatic hydroxyl groups excluding tert-OH is 3. The zero-order chi connectivity index (χ0) is 42.7. The van der Waals surface area contributed by atoms with Gasteiger partial charge < -0.3 is 53.2 Å². The van der Waals surface area contributed by atoms with Crippen LogP contribution in [0, 0.1) is 46.3 Å². The third-order valence-electron chi connectivity index (χ3n) is 16.0. The minimum Gasteiger partial charge on any atom is -0.497 e. The highest BCUT2D eigenvalue weighted by atomic mass is 16.7. The smallest absolute Gasteiger partial charge is 0.338 e. The maximum absolute atomic E-state index is 13.2. The Labute approximate surface area is 354 Å². The molecule has 3 N–H and O–H groups in total. The highest BCUT2D eigenvalue weighted by molar-refractivity contribution is 5.89. The summed E-state index contributed by atoms with van der Waals surface area (Å²) < 4.78 is 48.2. The van der Waals surface area contributed by atoms with Crippen molar-refractivity contribution in [3.63, 3.8) is 0 Å². The topological polar surface area (TPSA) is 169 Å². The summed E-state index contributed by atoms with van der Waals surface area (Å²) in [5.74, 6) is 2.94. The predicted molar refractivity (Wildman–Crippen MR) is 217 cm³/mol. The van der Waals surface area contributed by atoms with Gasteiger partial charge in [0.05, 0.1) is 44.2 Å². The molecule has 0 radical (unpaired) electrons. The predicted octanol–water partition coefficient (Wildman–Crippen LogP) is 5.75. The summed E-state index contributed by atoms with van der Waals surface area (Å²) in [7, 11) is 1.51. The summed E-state index contributed by atoms with van der Waals surface area (Å²) in [5.41, 5.74) is 1.98. The molecule has 0 unspecified atom stereocenters. The van der Waals surface area contributed by atoms with E-state index < -0.39 is 61.1 Å². The van der Waals surface area contributed by atoms with Crippen molar-refractivity contribution in [2.75, 3.05) is 20.3 Å². The van der Waals surface area contributed by atoms with Crippen molar-refractivity contribution < 1.29 is 62.8 Å². The SMILES string of the molecule is COc1ccc(C(=O)O[C@H]2[C@H](O[C@@H]3[C@@H](OC(C)=O)[C@H](O[C@H]4CC[C@@]5(C)C(=CC[C@H]6[C@@H]7C[C@@H]8O[C@H](CCC(C)C)[C@@H](C)[C@@H]8[C@@]7(C)CC[C@@H]65)C4)OC[C@@H]3O)OC[C@@H](O)[C@@H]2O)cc1. The van der Waals surface area contributed by atoms with Gasteiger partial charge in [-0.2, -0.15) is 0 Å². The van der Waals surface area contributed by atoms with Crippen LogP contribution >= 0.6 is 0 Å². The van der Waals surface area contributed by atoms with E-state index in [1.165, 1.54) is 63.8 Å². The Kier molecular flexibility index (Phi) is 12.8. The minimum absolute atomic E-state index is 0.0701. The highest BCUT2D eigenvalue weighted by Gasteiger charge is 2.65. The Morgan fingerprint density at radius 1 is 0.900 bits per heavy atom. The molecular formula is C47H68O13. The Morgan fingerprint density at radius 3 is 2.32 bits per heavy atom. The van der Waals surface area contributed by atoms with E-state index in [4.69, 9.17) is 37.9 Å². The van der Waals surface area contributed by atoms with Crippen LogP contribution in [0.5, 0.6) is 5.75 Å². The summed E-state index contributed by atoms with van der Waals surface area (Å²) in [6, 6.07) is 6.19. The van der Waals surface area contributed by atoms with E-state index in [0.29, 0.717) is 58.9 Å². The summed E-state index contributed by atoms with van der Waals surface area (Å²) in [6.45, 7) is 12.9. The van der Waals surface area contributed by atoms with Crippen LogP contribution in [-0.2, 0) is 38.0 Å². The maximum atomic E-state index is 13.2. The number of hydrogen-bond donors (Lipinski definition) is 3. The van der Waals surface area contributed by atoms with Crippen molar-refractivity contribution in [2.45, 2.75) is 167 Å². The van der Waals surface area contributed by atoms with Gasteiger partial charge in [0.1, 0.15) is 30.2 Å². The van der Waals surface area contributed by atoms with Crippen LogP contribution in [0.25, 0.3) is 0 Å². The first kappa shape index (κ1) is 44.0. The van der Waals surface area contributed by atoms with Crippen LogP contribution in [0.3, 0.4) is 0 Å². The standard InChI is InChI=1S/C47H68O13/c1-24(2)8-15-36-25(3)38-37(58-36)21-33-31-14-11-28-20-30(16-18-46(28,5)32(31)17-19-47(33,38)6)57-45-42(56-26(4)48)40(35(50)23-55-45)60-44-41(39(51)34(49)22-54-44)59-43(52)27-9-12-29(53-7)13-10-27/h9-13,24-25,30-42,44-45,49-51H,8,14-23H2,1-7H3/t25-,30+,31-,32+,33+,34-,35+,36-,37+,38+,39+,40+,41-,42-,44+,45+,46+,47+/m1/s1. The summed E-state index contributed by atoms with van der Waals surface area (Å²) in [4.78, 5) is 25.7. The quantitative estimate of drug-likeness (QED) is 0.182. The lowest BCUT2D eigenvalue weighted by atomic mass is 9.47. The van der Waals surface area contributed by atoms with Gasteiger partial charge in [-0.3, -0.25) is 4.79 Å². The van der Waals surface area contributed by atoms with Crippen molar-refractivity contribution in [1.82, 2.24) is 0 Å². The van der Waals surface area contributed by atoms with Gasteiger partial charge in [0.25, 0.3) is 0 Å². The van der Waals surface area contributed by atoms with E-state index in [1.807, 2.05) is 0 Å². The normalized spacial score (nSPS) is 44.8. The molecule has 0 bridgehead atoms. The molecule has 3 saturated heterocycles. The second-order valence-corrected chi connectivity index (χ2v) is 19.9. The number of hydrogen-bond acceptors (Lipinski definition) is 13. The third-order valence-corrected chi connectivity index (χ3v) is 16.0. The molecule has 3 saturated carbocycles. The molecule has 1 aromatic rings. The van der Waals surface area contributed by atoms with Crippen molar-refractivity contribution in [3.8, 4) is 5.75 Å². The monoisotopic (exact) mass is 840 g/mol. The van der Waals surface area contributed by atoms with Gasteiger partial charge in [-0.05, 0) is 128 Å². The van der Waals surface area contributed by atoms with E-state index in [0.717, 1.165) is 25.7 Å². The number of ether oxygens (including phenoxy) is 8. The fourth-order valence-electron chi connectivity index (χ4n) is 12.9. The molecule has 3 aliphatic heterocycles. The van der Waals surface area contributed by atoms with E-state index in [9.17, 15) is 24.9 Å². The van der Waals surface area contributed by atoms with Crippen molar-refractivity contribution in [1.29, 1.82) is 0 Å². The molecule has 7 aliphatic rings. The Bertz CT molecular complexity index is 1720. The Hall–Kier alpha value is -2.62. The Balaban J connectivity index is 0.939. The number of benzene rings is 1. The molecule has 334 valence electrons. The molecule has 1 aromatic carbocycles. The first-order valence-corrected chi connectivity index (χ1v) is 22.6. The van der Waals surface area contributed by atoms with Gasteiger partial charge in [-0.25, -0.2) is 4.79 Å². The van der Waals surface area contributed by atoms with Gasteiger partial charge >= 0.3 is 11.9 Å². The van der Waals surface area contributed by atoms with Crippen LogP contribution in [0.15, 0.2) is 35.9 Å². The van der Waals surface area contributed by atoms with Crippen LogP contribution in [0.1, 0.15) is 110 Å². The van der Waals surface area contributed by atoms with Crippen LogP contribution in [-0.4, -0.2) is 115 Å². The number of methoxy groups -OCH3 is 1. The molecule has 3 heterocycles. The lowest BCUT2D eigenvalue weighted by Gasteiger charge is -2.58. The largest absolute Gasteiger partial charge is 0.497 e. The molecule has 0 aromatic heterocycles. The summed E-state index contributed by atoms with van der Waals surface area (Å²) >= 11 is 0. The van der Waals surface area contributed by atoms with Crippen molar-refractivity contribution in [2.24, 2.45) is 46.3 Å². The molecule has 0 spiro atoms. The first-order chi connectivity index (χ1) is 28.6. The lowest BCUT2D eigenvalue weighted by Crippen LogP contribution is -2.62. The van der Waals surface area contributed by atoms with Gasteiger partial charge in [0.2, 0.25) is 0 Å². The molecule has 0 amide bonds. The van der Waals surface area contributed by atoms with E-state index in [-0.39, 0.29) is 30.3 Å². The van der Waals surface area contributed by atoms with Crippen LogP contribution in [0.4, 0.5) is 0 Å². The first-order valence-electron chi connectivity index (χ1n) is 22.6. The second-order valence-electron chi connectivity index (χ2n) is 19.9. The number of fused-ring (bicyclic) bond motifs is 7. The van der Waals surface area contributed by atoms with Gasteiger partial charge in [0.15, 0.2) is 24.8 Å². The molecule has 4 aliphatic carbocycles. The van der Waals surface area contributed by atoms with Crippen molar-refractivity contribution >= 4 is 11.9 Å². The molecular weight excluding hydrogens is 773 g/mol. The zero-order valence-electron chi connectivity index (χ0n) is 36.4. The minimum atomic E-state index is -1.57. The number of rotatable bonds is 11. The number of esters is 2. The average Bonchev–Trinajstić information content (AvgIpc) is 3.70. The van der Waals surface area contributed by atoms with E-state index in [2.05, 4.69) is 40.7 Å². The molecule has 6 fully saturated rings. The van der Waals surface area contributed by atoms with Gasteiger partial charge in [-0.1, -0.05) is 46.3 Å². The molecule has 18 atom stereocenters. The Morgan fingerprint density at radius 2 is 1.62 bits per heavy atom. The molecule has 13 nitrogen and oxygen atoms in total. The molecule has 60 heavy (non-hydrogen) atoms. The van der Waals surface area contributed by atoms with Gasteiger partial charge in [-0.15, -0.1) is 0 Å². The fraction of sp³-hybridized carbons (Fsp3) is 0.787. The van der Waals surface area contributed by atoms with Gasteiger partial charge in [0, 0.05) is 6.92 Å². The third kappa shape index (κ3) is 8.19. The average molecular weight is 841 g/mol. The fourth-order valence-corrected chi connectivity index (χ4v) is 12.9.